The van der Waals surface area contributed by atoms with Crippen LogP contribution in [0, 0.1) is 0 Å². The van der Waals surface area contributed by atoms with Gasteiger partial charge in [0.2, 0.25) is 5.91 Å². The van der Waals surface area contributed by atoms with E-state index in [1.165, 1.54) is 4.90 Å². The lowest BCUT2D eigenvalue weighted by Crippen LogP contribution is -2.47. The summed E-state index contributed by atoms with van der Waals surface area (Å²) in [4.78, 5) is 39.3. The molecule has 21 heavy (non-hydrogen) atoms. The lowest BCUT2D eigenvalue weighted by atomic mass is 10.1. The third-order valence-corrected chi connectivity index (χ3v) is 4.18. The summed E-state index contributed by atoms with van der Waals surface area (Å²) >= 11 is 0. The number of carbonyl (C=O) groups excluding carboxylic acids is 3. The number of urea groups is 1. The number of alkyl halides is 3. The van der Waals surface area contributed by atoms with Gasteiger partial charge in [0.15, 0.2) is 0 Å². The maximum absolute atomic E-state index is 12.4. The van der Waals surface area contributed by atoms with E-state index in [-0.39, 0.29) is 13.0 Å². The van der Waals surface area contributed by atoms with E-state index in [0.29, 0.717) is 17.9 Å². The zero-order valence-corrected chi connectivity index (χ0v) is 11.1. The summed E-state index contributed by atoms with van der Waals surface area (Å²) in [7, 11) is 0. The summed E-state index contributed by atoms with van der Waals surface area (Å²) in [6.45, 7) is -0.977. The molecule has 116 valence electrons. The van der Waals surface area contributed by atoms with Gasteiger partial charge in [-0.15, -0.1) is 0 Å². The van der Waals surface area contributed by atoms with Gasteiger partial charge in [-0.25, -0.2) is 9.69 Å². The van der Waals surface area contributed by atoms with Crippen molar-refractivity contribution in [1.29, 1.82) is 0 Å². The highest BCUT2D eigenvalue weighted by Crippen LogP contribution is 2.32. The predicted molar refractivity (Wildman–Crippen MR) is 63.0 cm³/mol. The molecule has 3 fully saturated rings. The van der Waals surface area contributed by atoms with Crippen LogP contribution < -0.4 is 0 Å². The first kappa shape index (κ1) is 14.2. The van der Waals surface area contributed by atoms with Crippen LogP contribution in [0.4, 0.5) is 18.0 Å². The summed E-state index contributed by atoms with van der Waals surface area (Å²) < 4.78 is 37.1. The number of rotatable bonds is 2. The minimum Gasteiger partial charge on any atom is -0.332 e. The van der Waals surface area contributed by atoms with E-state index in [4.69, 9.17) is 0 Å². The van der Waals surface area contributed by atoms with Crippen LogP contribution in [0.3, 0.4) is 0 Å². The molecule has 0 radical (unpaired) electrons. The SMILES string of the molecule is O=C1[C@H](N2C(=O)[C@H]3CCCN3C2=O)CCN1CC(F)(F)F. The number of nitrogens with zero attached hydrogens (tertiary/aromatic N) is 3. The Bertz CT molecular complexity index is 486. The highest BCUT2D eigenvalue weighted by Gasteiger charge is 2.53. The topological polar surface area (TPSA) is 60.9 Å². The third-order valence-electron chi connectivity index (χ3n) is 4.18. The van der Waals surface area contributed by atoms with Crippen molar-refractivity contribution in [2.75, 3.05) is 19.6 Å². The fraction of sp³-hybridized carbons (Fsp3) is 0.750. The van der Waals surface area contributed by atoms with Crippen molar-refractivity contribution >= 4 is 17.8 Å². The van der Waals surface area contributed by atoms with Gasteiger partial charge in [0, 0.05) is 13.1 Å². The highest BCUT2D eigenvalue weighted by atomic mass is 19.4. The molecule has 3 heterocycles. The molecule has 3 saturated heterocycles. The van der Waals surface area contributed by atoms with Crippen molar-refractivity contribution in [2.45, 2.75) is 37.5 Å². The Kier molecular flexibility index (Phi) is 3.10. The average Bonchev–Trinajstić information content (AvgIpc) is 3.02. The van der Waals surface area contributed by atoms with Gasteiger partial charge in [-0.3, -0.25) is 9.59 Å². The normalized spacial score (nSPS) is 29.9. The van der Waals surface area contributed by atoms with Gasteiger partial charge < -0.3 is 9.80 Å². The predicted octanol–water partition coefficient (Wildman–Crippen LogP) is 0.576. The maximum Gasteiger partial charge on any atom is 0.406 e. The standard InChI is InChI=1S/C12H14F3N3O3/c13-12(14,15)6-16-5-3-8(9(16)19)18-10(20)7-2-1-4-17(7)11(18)21/h7-8H,1-6H2/t7-,8-/m1/s1. The Balaban J connectivity index is 1.75. The molecule has 0 spiro atoms. The van der Waals surface area contributed by atoms with Gasteiger partial charge in [0.25, 0.3) is 5.91 Å². The van der Waals surface area contributed by atoms with Crippen molar-refractivity contribution < 1.29 is 27.6 Å². The van der Waals surface area contributed by atoms with Gasteiger partial charge in [0.1, 0.15) is 18.6 Å². The Morgan fingerprint density at radius 3 is 2.33 bits per heavy atom. The molecule has 0 aromatic heterocycles. The molecule has 2 atom stereocenters. The minimum absolute atomic E-state index is 0.0625. The number of fused-ring (bicyclic) bond motifs is 1. The number of halogens is 3. The number of hydrogen-bond acceptors (Lipinski definition) is 3. The molecule has 4 amide bonds. The van der Waals surface area contributed by atoms with Gasteiger partial charge in [-0.1, -0.05) is 0 Å². The second-order valence-electron chi connectivity index (χ2n) is 5.52. The molecule has 0 saturated carbocycles. The molecule has 0 N–H and O–H groups in total. The summed E-state index contributed by atoms with van der Waals surface area (Å²) in [5, 5.41) is 0. The zero-order valence-electron chi connectivity index (χ0n) is 11.1. The van der Waals surface area contributed by atoms with Crippen molar-refractivity contribution in [3.05, 3.63) is 0 Å². The van der Waals surface area contributed by atoms with E-state index in [0.717, 1.165) is 11.3 Å². The summed E-state index contributed by atoms with van der Waals surface area (Å²) in [6, 6.07) is -2.17. The number of hydrogen-bond donors (Lipinski definition) is 0. The van der Waals surface area contributed by atoms with Crippen LogP contribution in [-0.2, 0) is 9.59 Å². The molecule has 0 bridgehead atoms. The van der Waals surface area contributed by atoms with Crippen molar-refractivity contribution in [1.82, 2.24) is 14.7 Å². The fourth-order valence-corrected chi connectivity index (χ4v) is 3.27. The van der Waals surface area contributed by atoms with Gasteiger partial charge in [0.05, 0.1) is 0 Å². The maximum atomic E-state index is 12.4. The van der Waals surface area contributed by atoms with Crippen LogP contribution in [0.2, 0.25) is 0 Å². The molecular weight excluding hydrogens is 291 g/mol. The second kappa shape index (κ2) is 4.60. The monoisotopic (exact) mass is 305 g/mol. The summed E-state index contributed by atoms with van der Waals surface area (Å²) in [5.74, 6) is -1.25. The van der Waals surface area contributed by atoms with Crippen LogP contribution in [0.15, 0.2) is 0 Å². The molecule has 0 unspecified atom stereocenters. The van der Waals surface area contributed by atoms with E-state index in [2.05, 4.69) is 0 Å². The van der Waals surface area contributed by atoms with E-state index in [1.807, 2.05) is 0 Å². The van der Waals surface area contributed by atoms with E-state index < -0.39 is 42.7 Å². The van der Waals surface area contributed by atoms with Crippen molar-refractivity contribution in [3.8, 4) is 0 Å². The lowest BCUT2D eigenvalue weighted by molar-refractivity contribution is -0.159. The molecule has 6 nitrogen and oxygen atoms in total. The number of carbonyl (C=O) groups is 3. The number of likely N-dealkylation sites (tertiary alicyclic amines) is 1. The third kappa shape index (κ3) is 2.24. The molecule has 3 rings (SSSR count). The second-order valence-corrected chi connectivity index (χ2v) is 5.52. The Morgan fingerprint density at radius 2 is 1.71 bits per heavy atom. The average molecular weight is 305 g/mol. The smallest absolute Gasteiger partial charge is 0.332 e. The van der Waals surface area contributed by atoms with E-state index in [1.54, 1.807) is 0 Å². The molecule has 0 aromatic rings. The largest absolute Gasteiger partial charge is 0.406 e. The van der Waals surface area contributed by atoms with Crippen LogP contribution in [0.25, 0.3) is 0 Å². The first-order chi connectivity index (χ1) is 9.79. The summed E-state index contributed by atoms with van der Waals surface area (Å²) in [5.41, 5.74) is 0. The number of imide groups is 1. The van der Waals surface area contributed by atoms with Crippen molar-refractivity contribution in [2.24, 2.45) is 0 Å². The molecular formula is C12H14F3N3O3. The van der Waals surface area contributed by atoms with Crippen LogP contribution in [0.5, 0.6) is 0 Å². The van der Waals surface area contributed by atoms with Gasteiger partial charge in [-0.05, 0) is 19.3 Å². The van der Waals surface area contributed by atoms with Crippen LogP contribution in [0.1, 0.15) is 19.3 Å². The first-order valence-electron chi connectivity index (χ1n) is 6.79. The molecule has 3 aliphatic rings. The minimum atomic E-state index is -4.48. The molecule has 9 heteroatoms. The Morgan fingerprint density at radius 1 is 1.00 bits per heavy atom. The Labute approximate surface area is 118 Å². The van der Waals surface area contributed by atoms with E-state index >= 15 is 0 Å². The molecule has 0 aromatic carbocycles. The number of amides is 4. The highest BCUT2D eigenvalue weighted by molar-refractivity contribution is 6.08. The zero-order chi connectivity index (χ0) is 15.4. The molecule has 0 aliphatic carbocycles. The van der Waals surface area contributed by atoms with Crippen LogP contribution >= 0.6 is 0 Å². The summed E-state index contributed by atoms with van der Waals surface area (Å²) in [6.07, 6.45) is -3.14. The van der Waals surface area contributed by atoms with E-state index in [9.17, 15) is 27.6 Å². The lowest BCUT2D eigenvalue weighted by Gasteiger charge is -2.22. The van der Waals surface area contributed by atoms with Crippen molar-refractivity contribution in [3.63, 3.8) is 0 Å². The van der Waals surface area contributed by atoms with Crippen LogP contribution in [-0.4, -0.2) is 70.4 Å². The van der Waals surface area contributed by atoms with Gasteiger partial charge >= 0.3 is 12.2 Å². The quantitative estimate of drug-likeness (QED) is 0.701. The first-order valence-corrected chi connectivity index (χ1v) is 6.79. The van der Waals surface area contributed by atoms with Gasteiger partial charge in [-0.2, -0.15) is 13.2 Å². The Hall–Kier alpha value is -1.80. The fourth-order valence-electron chi connectivity index (χ4n) is 3.27. The molecule has 3 aliphatic heterocycles.